The number of ether oxygens (including phenoxy) is 1. The van der Waals surface area contributed by atoms with Gasteiger partial charge < -0.3 is 15.4 Å². The van der Waals surface area contributed by atoms with Gasteiger partial charge >= 0.3 is 6.18 Å². The number of halogens is 3. The number of nitrogens with one attached hydrogen (secondary N) is 2. The molecule has 148 valence electrons. The van der Waals surface area contributed by atoms with E-state index >= 15 is 0 Å². The van der Waals surface area contributed by atoms with Gasteiger partial charge in [0.15, 0.2) is 12.4 Å². The molecule has 10 heteroatoms. The first kappa shape index (κ1) is 19.6. The van der Waals surface area contributed by atoms with Crippen molar-refractivity contribution in [2.24, 2.45) is 0 Å². The highest BCUT2D eigenvalue weighted by Gasteiger charge is 2.34. The summed E-state index contributed by atoms with van der Waals surface area (Å²) in [5, 5.41) is 4.76. The quantitative estimate of drug-likeness (QED) is 0.831. The van der Waals surface area contributed by atoms with E-state index in [2.05, 4.69) is 20.6 Å². The van der Waals surface area contributed by atoms with Crippen molar-refractivity contribution in [2.75, 3.05) is 17.2 Å². The molecule has 28 heavy (non-hydrogen) atoms. The zero-order valence-electron chi connectivity index (χ0n) is 15.3. The average molecular weight is 394 g/mol. The SMILES string of the molecule is Cc1ncc(C(=O)Nc2cc(C(F)(F)F)cc3c2OCC(=O)N3)c(C(C)C)n1. The molecule has 0 aliphatic carbocycles. The molecule has 0 unspecified atom stereocenters. The summed E-state index contributed by atoms with van der Waals surface area (Å²) in [4.78, 5) is 32.5. The van der Waals surface area contributed by atoms with Crippen molar-refractivity contribution in [3.8, 4) is 5.75 Å². The summed E-state index contributed by atoms with van der Waals surface area (Å²) in [6.45, 7) is 4.98. The number of carbonyl (C=O) groups excluding carboxylic acids is 2. The summed E-state index contributed by atoms with van der Waals surface area (Å²) in [6.07, 6.45) is -3.34. The molecule has 0 spiro atoms. The van der Waals surface area contributed by atoms with Crippen LogP contribution in [0.3, 0.4) is 0 Å². The smallest absolute Gasteiger partial charge is 0.416 e. The van der Waals surface area contributed by atoms with Crippen LogP contribution in [0.15, 0.2) is 18.3 Å². The molecule has 3 rings (SSSR count). The van der Waals surface area contributed by atoms with Gasteiger partial charge in [0.2, 0.25) is 0 Å². The van der Waals surface area contributed by atoms with Gasteiger partial charge in [0.05, 0.1) is 28.2 Å². The van der Waals surface area contributed by atoms with Crippen LogP contribution in [0, 0.1) is 6.92 Å². The number of fused-ring (bicyclic) bond motifs is 1. The van der Waals surface area contributed by atoms with E-state index in [1.807, 2.05) is 13.8 Å². The van der Waals surface area contributed by atoms with E-state index < -0.39 is 23.6 Å². The Hall–Kier alpha value is -3.17. The molecule has 1 aliphatic heterocycles. The third-order valence-electron chi connectivity index (χ3n) is 4.02. The van der Waals surface area contributed by atoms with E-state index in [1.165, 1.54) is 6.20 Å². The molecule has 0 atom stereocenters. The second kappa shape index (κ2) is 7.10. The second-order valence-corrected chi connectivity index (χ2v) is 6.56. The number of hydrogen-bond acceptors (Lipinski definition) is 5. The van der Waals surface area contributed by atoms with Crippen molar-refractivity contribution in [1.82, 2.24) is 9.97 Å². The number of aromatic nitrogens is 2. The predicted octanol–water partition coefficient (Wildman–Crippen LogP) is 3.51. The first-order valence-electron chi connectivity index (χ1n) is 8.39. The van der Waals surface area contributed by atoms with Crippen LogP contribution in [0.4, 0.5) is 24.5 Å². The van der Waals surface area contributed by atoms with Crippen molar-refractivity contribution in [3.05, 3.63) is 41.0 Å². The van der Waals surface area contributed by atoms with Crippen LogP contribution in [0.5, 0.6) is 5.75 Å². The van der Waals surface area contributed by atoms with Gasteiger partial charge in [-0.2, -0.15) is 13.2 Å². The Morgan fingerprint density at radius 1 is 1.32 bits per heavy atom. The second-order valence-electron chi connectivity index (χ2n) is 6.56. The molecule has 1 aromatic heterocycles. The molecular weight excluding hydrogens is 377 g/mol. The number of aryl methyl sites for hydroxylation is 1. The van der Waals surface area contributed by atoms with Crippen LogP contribution in [-0.2, 0) is 11.0 Å². The summed E-state index contributed by atoms with van der Waals surface area (Å²) in [5.41, 5.74) is -0.779. The minimum atomic E-state index is -4.67. The lowest BCUT2D eigenvalue weighted by atomic mass is 10.0. The number of amides is 2. The van der Waals surface area contributed by atoms with Crippen LogP contribution in [0.2, 0.25) is 0 Å². The third kappa shape index (κ3) is 3.90. The maximum atomic E-state index is 13.2. The lowest BCUT2D eigenvalue weighted by molar-refractivity contribution is -0.137. The number of alkyl halides is 3. The standard InChI is InChI=1S/C18H17F3N4O3/c1-8(2)15-11(6-22-9(3)23-15)17(27)25-13-5-10(18(19,20)21)4-12-16(13)28-7-14(26)24-12/h4-6,8H,7H2,1-3H3,(H,24,26)(H,25,27). The predicted molar refractivity (Wildman–Crippen MR) is 94.4 cm³/mol. The molecule has 1 aliphatic rings. The van der Waals surface area contributed by atoms with Crippen LogP contribution in [-0.4, -0.2) is 28.4 Å². The molecule has 7 nitrogen and oxygen atoms in total. The van der Waals surface area contributed by atoms with Crippen molar-refractivity contribution in [1.29, 1.82) is 0 Å². The highest BCUT2D eigenvalue weighted by Crippen LogP contribution is 2.42. The Labute approximate surface area is 158 Å². The van der Waals surface area contributed by atoms with Crippen molar-refractivity contribution in [3.63, 3.8) is 0 Å². The lowest BCUT2D eigenvalue weighted by Crippen LogP contribution is -2.27. The summed E-state index contributed by atoms with van der Waals surface area (Å²) in [7, 11) is 0. The maximum absolute atomic E-state index is 13.2. The molecule has 1 aromatic carbocycles. The van der Waals surface area contributed by atoms with Gasteiger partial charge in [-0.15, -0.1) is 0 Å². The fourth-order valence-electron chi connectivity index (χ4n) is 2.75. The first-order valence-corrected chi connectivity index (χ1v) is 8.39. The third-order valence-corrected chi connectivity index (χ3v) is 4.02. The van der Waals surface area contributed by atoms with Gasteiger partial charge in [0.1, 0.15) is 5.82 Å². The van der Waals surface area contributed by atoms with E-state index in [4.69, 9.17) is 4.74 Å². The van der Waals surface area contributed by atoms with E-state index in [1.54, 1.807) is 6.92 Å². The zero-order valence-corrected chi connectivity index (χ0v) is 15.3. The normalized spacial score (nSPS) is 13.6. The summed E-state index contributed by atoms with van der Waals surface area (Å²) in [6, 6.07) is 1.52. The monoisotopic (exact) mass is 394 g/mol. The highest BCUT2D eigenvalue weighted by molar-refractivity contribution is 6.07. The Kier molecular flexibility index (Phi) is 4.97. The summed E-state index contributed by atoms with van der Waals surface area (Å²) < 4.78 is 44.9. The van der Waals surface area contributed by atoms with E-state index in [-0.39, 0.29) is 35.2 Å². The number of benzene rings is 1. The molecule has 0 saturated heterocycles. The molecule has 2 aromatic rings. The van der Waals surface area contributed by atoms with Crippen LogP contribution >= 0.6 is 0 Å². The molecular formula is C18H17F3N4O3. The lowest BCUT2D eigenvalue weighted by Gasteiger charge is -2.23. The maximum Gasteiger partial charge on any atom is 0.416 e. The molecule has 0 radical (unpaired) electrons. The molecule has 0 saturated carbocycles. The summed E-state index contributed by atoms with van der Waals surface area (Å²) >= 11 is 0. The number of carbonyl (C=O) groups is 2. The van der Waals surface area contributed by atoms with Crippen LogP contribution < -0.4 is 15.4 Å². The Balaban J connectivity index is 2.04. The summed E-state index contributed by atoms with van der Waals surface area (Å²) in [5.74, 6) is -0.930. The van der Waals surface area contributed by atoms with Crippen LogP contribution in [0.1, 0.15) is 47.2 Å². The van der Waals surface area contributed by atoms with Gasteiger partial charge in [0.25, 0.3) is 11.8 Å². The van der Waals surface area contributed by atoms with Gasteiger partial charge in [0, 0.05) is 6.20 Å². The number of hydrogen-bond donors (Lipinski definition) is 2. The van der Waals surface area contributed by atoms with E-state index in [0.717, 1.165) is 12.1 Å². The van der Waals surface area contributed by atoms with Crippen molar-refractivity contribution >= 4 is 23.2 Å². The highest BCUT2D eigenvalue weighted by atomic mass is 19.4. The zero-order chi connectivity index (χ0) is 20.6. The number of anilines is 2. The van der Waals surface area contributed by atoms with Crippen molar-refractivity contribution < 1.29 is 27.5 Å². The van der Waals surface area contributed by atoms with Gasteiger partial charge in [-0.1, -0.05) is 13.8 Å². The fourth-order valence-corrected chi connectivity index (χ4v) is 2.75. The minimum Gasteiger partial charge on any atom is -0.479 e. The van der Waals surface area contributed by atoms with Crippen molar-refractivity contribution in [2.45, 2.75) is 32.9 Å². The first-order chi connectivity index (χ1) is 13.1. The Morgan fingerprint density at radius 2 is 2.04 bits per heavy atom. The minimum absolute atomic E-state index is 0.0416. The molecule has 2 amide bonds. The van der Waals surface area contributed by atoms with E-state index in [0.29, 0.717) is 11.5 Å². The molecule has 0 fully saturated rings. The number of nitrogens with zero attached hydrogens (tertiary/aromatic N) is 2. The molecule has 2 heterocycles. The Morgan fingerprint density at radius 3 is 2.68 bits per heavy atom. The fraction of sp³-hybridized carbons (Fsp3) is 0.333. The molecule has 2 N–H and O–H groups in total. The number of rotatable bonds is 3. The van der Waals surface area contributed by atoms with Gasteiger partial charge in [-0.3, -0.25) is 9.59 Å². The Bertz CT molecular complexity index is 958. The topological polar surface area (TPSA) is 93.2 Å². The average Bonchev–Trinajstić information content (AvgIpc) is 2.60. The van der Waals surface area contributed by atoms with E-state index in [9.17, 15) is 22.8 Å². The van der Waals surface area contributed by atoms with Crippen LogP contribution in [0.25, 0.3) is 0 Å². The molecule has 0 bridgehead atoms. The van der Waals surface area contributed by atoms with Gasteiger partial charge in [-0.05, 0) is 25.0 Å². The van der Waals surface area contributed by atoms with Gasteiger partial charge in [-0.25, -0.2) is 9.97 Å². The largest absolute Gasteiger partial charge is 0.479 e.